The number of aromatic nitrogens is 1. The molecule has 0 atom stereocenters. The van der Waals surface area contributed by atoms with Crippen LogP contribution in [0.15, 0.2) is 52.6 Å². The standard InChI is InChI=1S/C28H34N2O3S/c1-4-19(5-2)13-16-29-15-6-17-33-21-9-7-20(8-10-21)25-24(32-3)12-11-23-26(25)22-14-18-34-27(22)28(31)30-23/h7-12,14,18-19,29H,4-6,13,15-17H2,1-3H3,(H,30,31). The van der Waals surface area contributed by atoms with E-state index in [0.717, 1.165) is 69.0 Å². The molecule has 2 N–H and O–H groups in total. The molecule has 4 aromatic rings. The molecule has 180 valence electrons. The minimum atomic E-state index is -0.0533. The lowest BCUT2D eigenvalue weighted by molar-refractivity contribution is 0.307. The average Bonchev–Trinajstić information content (AvgIpc) is 3.36. The van der Waals surface area contributed by atoms with Gasteiger partial charge in [0.25, 0.3) is 5.56 Å². The second kappa shape index (κ2) is 11.5. The molecule has 0 aliphatic rings. The first-order valence-electron chi connectivity index (χ1n) is 12.2. The van der Waals surface area contributed by atoms with E-state index in [1.54, 1.807) is 7.11 Å². The predicted molar refractivity (Wildman–Crippen MR) is 144 cm³/mol. The van der Waals surface area contributed by atoms with Gasteiger partial charge in [0.2, 0.25) is 0 Å². The lowest BCUT2D eigenvalue weighted by Crippen LogP contribution is -2.20. The summed E-state index contributed by atoms with van der Waals surface area (Å²) >= 11 is 1.46. The average molecular weight is 479 g/mol. The maximum absolute atomic E-state index is 12.4. The van der Waals surface area contributed by atoms with Crippen LogP contribution in [-0.2, 0) is 0 Å². The van der Waals surface area contributed by atoms with Crippen LogP contribution in [0.5, 0.6) is 11.5 Å². The van der Waals surface area contributed by atoms with Crippen molar-refractivity contribution in [1.82, 2.24) is 10.3 Å². The second-order valence-corrected chi connectivity index (χ2v) is 9.55. The molecule has 0 saturated heterocycles. The number of nitrogens with one attached hydrogen (secondary N) is 2. The van der Waals surface area contributed by atoms with Crippen molar-refractivity contribution in [1.29, 1.82) is 0 Å². The van der Waals surface area contributed by atoms with E-state index in [9.17, 15) is 4.79 Å². The summed E-state index contributed by atoms with van der Waals surface area (Å²) in [5, 5.41) is 7.44. The van der Waals surface area contributed by atoms with Crippen LogP contribution < -0.4 is 20.3 Å². The Morgan fingerprint density at radius 2 is 1.82 bits per heavy atom. The van der Waals surface area contributed by atoms with Crippen LogP contribution in [0.3, 0.4) is 0 Å². The summed E-state index contributed by atoms with van der Waals surface area (Å²) in [4.78, 5) is 15.5. The first-order valence-corrected chi connectivity index (χ1v) is 13.1. The van der Waals surface area contributed by atoms with E-state index in [2.05, 4.69) is 36.3 Å². The summed E-state index contributed by atoms with van der Waals surface area (Å²) in [5.74, 6) is 2.47. The van der Waals surface area contributed by atoms with Gasteiger partial charge < -0.3 is 19.8 Å². The highest BCUT2D eigenvalue weighted by atomic mass is 32.1. The zero-order valence-electron chi connectivity index (χ0n) is 20.3. The summed E-state index contributed by atoms with van der Waals surface area (Å²) in [6.07, 6.45) is 4.75. The summed E-state index contributed by atoms with van der Waals surface area (Å²) in [6, 6.07) is 14.0. The van der Waals surface area contributed by atoms with Gasteiger partial charge in [-0.1, -0.05) is 38.8 Å². The highest BCUT2D eigenvalue weighted by Gasteiger charge is 2.16. The number of H-pyrrole nitrogens is 1. The molecule has 0 saturated carbocycles. The molecule has 0 bridgehead atoms. The number of aromatic amines is 1. The molecule has 5 nitrogen and oxygen atoms in total. The maximum atomic E-state index is 12.4. The normalized spacial score (nSPS) is 11.5. The van der Waals surface area contributed by atoms with Crippen LogP contribution >= 0.6 is 11.3 Å². The van der Waals surface area contributed by atoms with Crippen molar-refractivity contribution in [2.75, 3.05) is 26.8 Å². The molecule has 0 aliphatic carbocycles. The van der Waals surface area contributed by atoms with Gasteiger partial charge in [0.05, 0.1) is 13.7 Å². The van der Waals surface area contributed by atoms with Crippen molar-refractivity contribution in [2.45, 2.75) is 39.5 Å². The van der Waals surface area contributed by atoms with Gasteiger partial charge in [0.15, 0.2) is 0 Å². The molecule has 0 spiro atoms. The monoisotopic (exact) mass is 478 g/mol. The number of ether oxygens (including phenoxy) is 2. The number of methoxy groups -OCH3 is 1. The number of fused-ring (bicyclic) bond motifs is 3. The van der Waals surface area contributed by atoms with Gasteiger partial charge in [-0.05, 0) is 73.1 Å². The van der Waals surface area contributed by atoms with Crippen molar-refractivity contribution >= 4 is 32.3 Å². The molecule has 0 unspecified atom stereocenters. The third-order valence-electron chi connectivity index (χ3n) is 6.57. The second-order valence-electron chi connectivity index (χ2n) is 8.63. The third-order valence-corrected chi connectivity index (χ3v) is 7.48. The minimum Gasteiger partial charge on any atom is -0.496 e. The summed E-state index contributed by atoms with van der Waals surface area (Å²) in [6.45, 7) is 7.28. The summed E-state index contributed by atoms with van der Waals surface area (Å²) in [5.41, 5.74) is 2.76. The lowest BCUT2D eigenvalue weighted by atomic mass is 9.97. The van der Waals surface area contributed by atoms with Gasteiger partial charge in [-0.15, -0.1) is 11.3 Å². The highest BCUT2D eigenvalue weighted by molar-refractivity contribution is 7.17. The van der Waals surface area contributed by atoms with E-state index in [0.29, 0.717) is 6.61 Å². The van der Waals surface area contributed by atoms with Crippen molar-refractivity contribution < 1.29 is 9.47 Å². The largest absolute Gasteiger partial charge is 0.496 e. The lowest BCUT2D eigenvalue weighted by Gasteiger charge is -2.14. The molecule has 2 aromatic carbocycles. The highest BCUT2D eigenvalue weighted by Crippen LogP contribution is 2.40. The van der Waals surface area contributed by atoms with E-state index in [-0.39, 0.29) is 5.56 Å². The molecule has 4 rings (SSSR count). The number of benzene rings is 2. The van der Waals surface area contributed by atoms with Crippen LogP contribution in [0.1, 0.15) is 39.5 Å². The number of thiophene rings is 1. The zero-order valence-corrected chi connectivity index (χ0v) is 21.1. The first kappa shape index (κ1) is 24.3. The molecular weight excluding hydrogens is 444 g/mol. The maximum Gasteiger partial charge on any atom is 0.266 e. The molecular formula is C28H34N2O3S. The minimum absolute atomic E-state index is 0.0533. The Balaban J connectivity index is 1.44. The fourth-order valence-electron chi connectivity index (χ4n) is 4.52. The number of hydrogen-bond donors (Lipinski definition) is 2. The van der Waals surface area contributed by atoms with Crippen LogP contribution in [-0.4, -0.2) is 31.8 Å². The van der Waals surface area contributed by atoms with Crippen molar-refractivity contribution in [2.24, 2.45) is 5.92 Å². The SMILES string of the molecule is CCC(CC)CCNCCCOc1ccc(-c2c(OC)ccc3[nH]c(=O)c4sccc4c23)cc1. The van der Waals surface area contributed by atoms with E-state index >= 15 is 0 Å². The fourth-order valence-corrected chi connectivity index (χ4v) is 5.31. The molecule has 2 heterocycles. The molecule has 2 aromatic heterocycles. The van der Waals surface area contributed by atoms with Gasteiger partial charge in [-0.2, -0.15) is 0 Å². The van der Waals surface area contributed by atoms with Gasteiger partial charge in [-0.25, -0.2) is 0 Å². The van der Waals surface area contributed by atoms with Crippen molar-refractivity contribution in [3.05, 3.63) is 58.2 Å². The molecule has 34 heavy (non-hydrogen) atoms. The third kappa shape index (κ3) is 5.29. The Morgan fingerprint density at radius 1 is 1.03 bits per heavy atom. The van der Waals surface area contributed by atoms with Gasteiger partial charge in [-0.3, -0.25) is 4.79 Å². The van der Waals surface area contributed by atoms with E-state index in [1.165, 1.54) is 30.6 Å². The molecule has 0 radical (unpaired) electrons. The Morgan fingerprint density at radius 3 is 2.56 bits per heavy atom. The fraction of sp³-hybridized carbons (Fsp3) is 0.393. The summed E-state index contributed by atoms with van der Waals surface area (Å²) in [7, 11) is 1.68. The van der Waals surface area contributed by atoms with Crippen LogP contribution in [0.25, 0.3) is 32.1 Å². The van der Waals surface area contributed by atoms with Gasteiger partial charge in [0.1, 0.15) is 16.2 Å². The Labute approximate surface area is 205 Å². The number of pyridine rings is 1. The Hall–Kier alpha value is -2.83. The van der Waals surface area contributed by atoms with Gasteiger partial charge >= 0.3 is 0 Å². The number of rotatable bonds is 12. The zero-order chi connectivity index (χ0) is 23.9. The molecule has 0 aliphatic heterocycles. The summed E-state index contributed by atoms with van der Waals surface area (Å²) < 4.78 is 12.4. The quantitative estimate of drug-likeness (QED) is 0.225. The predicted octanol–water partition coefficient (Wildman–Crippen LogP) is 6.60. The van der Waals surface area contributed by atoms with Crippen LogP contribution in [0.4, 0.5) is 0 Å². The molecule has 6 heteroatoms. The van der Waals surface area contributed by atoms with E-state index in [4.69, 9.17) is 9.47 Å². The van der Waals surface area contributed by atoms with Crippen molar-refractivity contribution in [3.8, 4) is 22.6 Å². The Bertz CT molecular complexity index is 1270. The number of hydrogen-bond acceptors (Lipinski definition) is 5. The molecule has 0 amide bonds. The first-order chi connectivity index (χ1) is 16.7. The van der Waals surface area contributed by atoms with E-state index in [1.807, 2.05) is 35.7 Å². The van der Waals surface area contributed by atoms with Crippen LogP contribution in [0.2, 0.25) is 0 Å². The van der Waals surface area contributed by atoms with Crippen LogP contribution in [0, 0.1) is 5.92 Å². The topological polar surface area (TPSA) is 63.4 Å². The molecule has 0 fully saturated rings. The smallest absolute Gasteiger partial charge is 0.266 e. The van der Waals surface area contributed by atoms with Crippen molar-refractivity contribution in [3.63, 3.8) is 0 Å². The van der Waals surface area contributed by atoms with Gasteiger partial charge in [0, 0.05) is 21.9 Å². The van der Waals surface area contributed by atoms with E-state index < -0.39 is 0 Å². The Kier molecular flexibility index (Phi) is 8.25.